The second-order valence-corrected chi connectivity index (χ2v) is 2.45. The first-order valence-electron chi connectivity index (χ1n) is 3.92. The molecule has 0 saturated heterocycles. The molecule has 0 bridgehead atoms. The minimum Gasteiger partial charge on any atom is -0.343 e. The Morgan fingerprint density at radius 1 is 1.43 bits per heavy atom. The van der Waals surface area contributed by atoms with E-state index in [9.17, 15) is 14.4 Å². The summed E-state index contributed by atoms with van der Waals surface area (Å²) in [6, 6.07) is 0. The SMILES string of the molecule is C=C/C=C(\C)C(=O)NCC(=O)NC=O. The number of hydrogen-bond donors (Lipinski definition) is 2. The molecule has 76 valence electrons. The molecule has 0 fully saturated rings. The van der Waals surface area contributed by atoms with Crippen molar-refractivity contribution in [3.63, 3.8) is 0 Å². The van der Waals surface area contributed by atoms with Crippen LogP contribution in [0, 0.1) is 0 Å². The summed E-state index contributed by atoms with van der Waals surface area (Å²) in [6.07, 6.45) is 3.26. The van der Waals surface area contributed by atoms with Crippen molar-refractivity contribution >= 4 is 18.2 Å². The lowest BCUT2D eigenvalue weighted by molar-refractivity contribution is -0.127. The van der Waals surface area contributed by atoms with Crippen LogP contribution in [0.2, 0.25) is 0 Å². The van der Waals surface area contributed by atoms with Crippen molar-refractivity contribution in [1.82, 2.24) is 10.6 Å². The predicted octanol–water partition coefficient (Wildman–Crippen LogP) is -0.492. The third-order valence-electron chi connectivity index (χ3n) is 1.36. The van der Waals surface area contributed by atoms with E-state index in [4.69, 9.17) is 0 Å². The van der Waals surface area contributed by atoms with E-state index in [1.54, 1.807) is 6.92 Å². The molecule has 2 N–H and O–H groups in total. The normalized spacial score (nSPS) is 10.2. The van der Waals surface area contributed by atoms with Crippen LogP contribution in [0.1, 0.15) is 6.92 Å². The Hall–Kier alpha value is -1.91. The van der Waals surface area contributed by atoms with Gasteiger partial charge in [0.2, 0.25) is 18.2 Å². The molecule has 0 aromatic rings. The Bertz CT molecular complexity index is 282. The summed E-state index contributed by atoms with van der Waals surface area (Å²) in [7, 11) is 0. The molecular formula is C9H12N2O3. The predicted molar refractivity (Wildman–Crippen MR) is 51.2 cm³/mol. The van der Waals surface area contributed by atoms with Gasteiger partial charge in [-0.05, 0) is 6.92 Å². The lowest BCUT2D eigenvalue weighted by Crippen LogP contribution is -2.36. The number of carbonyl (C=O) groups excluding carboxylic acids is 3. The van der Waals surface area contributed by atoms with Crippen molar-refractivity contribution in [2.24, 2.45) is 0 Å². The summed E-state index contributed by atoms with van der Waals surface area (Å²) in [5.41, 5.74) is 0.443. The number of imide groups is 1. The van der Waals surface area contributed by atoms with Crippen LogP contribution in [0.3, 0.4) is 0 Å². The Balaban J connectivity index is 3.96. The van der Waals surface area contributed by atoms with Crippen molar-refractivity contribution < 1.29 is 14.4 Å². The van der Waals surface area contributed by atoms with E-state index < -0.39 is 5.91 Å². The van der Waals surface area contributed by atoms with Gasteiger partial charge in [0.1, 0.15) is 0 Å². The maximum absolute atomic E-state index is 11.1. The molecule has 0 spiro atoms. The number of hydrogen-bond acceptors (Lipinski definition) is 3. The average molecular weight is 196 g/mol. The Morgan fingerprint density at radius 3 is 2.57 bits per heavy atom. The zero-order valence-corrected chi connectivity index (χ0v) is 7.87. The highest BCUT2D eigenvalue weighted by Gasteiger charge is 2.05. The van der Waals surface area contributed by atoms with Crippen LogP contribution in [0.25, 0.3) is 0 Å². The smallest absolute Gasteiger partial charge is 0.247 e. The van der Waals surface area contributed by atoms with Gasteiger partial charge < -0.3 is 5.32 Å². The van der Waals surface area contributed by atoms with Crippen molar-refractivity contribution in [2.75, 3.05) is 6.54 Å². The van der Waals surface area contributed by atoms with E-state index in [0.717, 1.165) is 0 Å². The highest BCUT2D eigenvalue weighted by atomic mass is 16.2. The maximum atomic E-state index is 11.1. The van der Waals surface area contributed by atoms with E-state index in [1.165, 1.54) is 12.2 Å². The molecule has 5 heteroatoms. The number of carbonyl (C=O) groups is 3. The first-order chi connectivity index (χ1) is 6.61. The lowest BCUT2D eigenvalue weighted by Gasteiger charge is -2.02. The quantitative estimate of drug-likeness (QED) is 0.354. The van der Waals surface area contributed by atoms with Crippen molar-refractivity contribution in [2.45, 2.75) is 6.92 Å². The molecule has 3 amide bonds. The van der Waals surface area contributed by atoms with Gasteiger partial charge in [-0.2, -0.15) is 0 Å². The molecule has 0 aromatic carbocycles. The van der Waals surface area contributed by atoms with Crippen LogP contribution in [0.4, 0.5) is 0 Å². The van der Waals surface area contributed by atoms with Crippen LogP contribution < -0.4 is 10.6 Å². The van der Waals surface area contributed by atoms with Crippen LogP contribution >= 0.6 is 0 Å². The largest absolute Gasteiger partial charge is 0.343 e. The first-order valence-corrected chi connectivity index (χ1v) is 3.92. The number of rotatable bonds is 5. The Morgan fingerprint density at radius 2 is 2.07 bits per heavy atom. The fourth-order valence-electron chi connectivity index (χ4n) is 0.669. The minimum absolute atomic E-state index is 0.222. The molecule has 0 aliphatic heterocycles. The van der Waals surface area contributed by atoms with Crippen LogP contribution in [0.5, 0.6) is 0 Å². The summed E-state index contributed by atoms with van der Waals surface area (Å²) in [5, 5.41) is 4.22. The fourth-order valence-corrected chi connectivity index (χ4v) is 0.669. The van der Waals surface area contributed by atoms with Crippen LogP contribution in [-0.4, -0.2) is 24.8 Å². The zero-order valence-electron chi connectivity index (χ0n) is 7.87. The highest BCUT2D eigenvalue weighted by Crippen LogP contribution is 1.91. The molecule has 0 rings (SSSR count). The molecule has 0 radical (unpaired) electrons. The molecule has 0 aliphatic carbocycles. The lowest BCUT2D eigenvalue weighted by atomic mass is 10.2. The number of amides is 3. The minimum atomic E-state index is -0.556. The van der Waals surface area contributed by atoms with E-state index >= 15 is 0 Å². The molecule has 14 heavy (non-hydrogen) atoms. The third kappa shape index (κ3) is 4.87. The van der Waals surface area contributed by atoms with Gasteiger partial charge in [-0.3, -0.25) is 19.7 Å². The molecule has 0 atom stereocenters. The maximum Gasteiger partial charge on any atom is 0.247 e. The molecule has 0 heterocycles. The van der Waals surface area contributed by atoms with Gasteiger partial charge in [-0.15, -0.1) is 0 Å². The molecule has 5 nitrogen and oxygen atoms in total. The highest BCUT2D eigenvalue weighted by molar-refractivity contribution is 5.96. The van der Waals surface area contributed by atoms with Crippen LogP contribution in [-0.2, 0) is 14.4 Å². The average Bonchev–Trinajstić information content (AvgIpc) is 2.15. The van der Waals surface area contributed by atoms with Gasteiger partial charge in [-0.1, -0.05) is 18.7 Å². The fraction of sp³-hybridized carbons (Fsp3) is 0.222. The first kappa shape index (κ1) is 12.1. The molecular weight excluding hydrogens is 184 g/mol. The number of allylic oxidation sites excluding steroid dienone is 2. The third-order valence-corrected chi connectivity index (χ3v) is 1.36. The molecule has 0 aromatic heterocycles. The van der Waals surface area contributed by atoms with Gasteiger partial charge >= 0.3 is 0 Å². The monoisotopic (exact) mass is 196 g/mol. The molecule has 0 saturated carbocycles. The standard InChI is InChI=1S/C9H12N2O3/c1-3-4-7(2)9(14)10-5-8(13)11-6-12/h3-4,6H,1,5H2,2H3,(H,10,14)(H,11,12,13)/b7-4+. The van der Waals surface area contributed by atoms with Crippen molar-refractivity contribution in [1.29, 1.82) is 0 Å². The Kier molecular flexibility index (Phi) is 5.69. The zero-order chi connectivity index (χ0) is 11.0. The van der Waals surface area contributed by atoms with E-state index in [1.807, 2.05) is 5.32 Å². The van der Waals surface area contributed by atoms with Crippen LogP contribution in [0.15, 0.2) is 24.3 Å². The molecule has 0 unspecified atom stereocenters. The van der Waals surface area contributed by atoms with Crippen molar-refractivity contribution in [3.8, 4) is 0 Å². The molecule has 0 aliphatic rings. The van der Waals surface area contributed by atoms with Gasteiger partial charge in [-0.25, -0.2) is 0 Å². The van der Waals surface area contributed by atoms with E-state index in [-0.39, 0.29) is 18.9 Å². The summed E-state index contributed by atoms with van der Waals surface area (Å²) in [4.78, 5) is 31.7. The van der Waals surface area contributed by atoms with Crippen molar-refractivity contribution in [3.05, 3.63) is 24.3 Å². The summed E-state index contributed by atoms with van der Waals surface area (Å²) < 4.78 is 0. The summed E-state index contributed by atoms with van der Waals surface area (Å²) >= 11 is 0. The summed E-state index contributed by atoms with van der Waals surface area (Å²) in [6.45, 7) is 4.80. The van der Waals surface area contributed by atoms with Gasteiger partial charge in [0.25, 0.3) is 0 Å². The number of nitrogens with one attached hydrogen (secondary N) is 2. The van der Waals surface area contributed by atoms with E-state index in [0.29, 0.717) is 5.57 Å². The van der Waals surface area contributed by atoms with Gasteiger partial charge in [0.05, 0.1) is 6.54 Å². The second kappa shape index (κ2) is 6.59. The second-order valence-electron chi connectivity index (χ2n) is 2.45. The Labute approximate surface area is 81.9 Å². The topological polar surface area (TPSA) is 75.3 Å². The van der Waals surface area contributed by atoms with E-state index in [2.05, 4.69) is 11.9 Å². The van der Waals surface area contributed by atoms with Gasteiger partial charge in [0.15, 0.2) is 0 Å². The van der Waals surface area contributed by atoms with Gasteiger partial charge in [0, 0.05) is 5.57 Å². The summed E-state index contributed by atoms with van der Waals surface area (Å²) in [5.74, 6) is -0.925.